The number of H-pyrrole nitrogens is 1. The molecule has 12 heavy (non-hydrogen) atoms. The number of aromatic nitrogens is 3. The predicted octanol–water partition coefficient (Wildman–Crippen LogP) is 2.23. The fourth-order valence-electron chi connectivity index (χ4n) is 0.972. The minimum Gasteiger partial charge on any atom is -0.276 e. The van der Waals surface area contributed by atoms with E-state index in [2.05, 4.69) is 31.1 Å². The van der Waals surface area contributed by atoms with Crippen LogP contribution in [0.25, 0.3) is 11.4 Å². The molecule has 2 aromatic heterocycles. The van der Waals surface area contributed by atoms with E-state index in [4.69, 9.17) is 0 Å². The molecule has 0 atom stereocenters. The lowest BCUT2D eigenvalue weighted by Gasteiger charge is -1.97. The Morgan fingerprint density at radius 3 is 2.83 bits per heavy atom. The van der Waals surface area contributed by atoms with Gasteiger partial charge in [-0.2, -0.15) is 5.10 Å². The molecule has 0 aliphatic heterocycles. The Hall–Kier alpha value is -1.16. The Labute approximate surface area is 78.0 Å². The van der Waals surface area contributed by atoms with Crippen molar-refractivity contribution in [1.29, 1.82) is 0 Å². The molecule has 0 saturated heterocycles. The van der Waals surface area contributed by atoms with E-state index in [-0.39, 0.29) is 0 Å². The molecular formula is C8H6BrN3. The standard InChI is InChI=1S/C8H6BrN3/c9-6-2-1-4-10-8(6)7-3-5-11-12-7/h1-5H,(H,11,12). The van der Waals surface area contributed by atoms with Gasteiger partial charge in [-0.15, -0.1) is 0 Å². The lowest BCUT2D eigenvalue weighted by Crippen LogP contribution is -1.83. The second kappa shape index (κ2) is 3.06. The molecule has 0 saturated carbocycles. The molecule has 0 radical (unpaired) electrons. The van der Waals surface area contributed by atoms with E-state index in [1.807, 2.05) is 18.2 Å². The maximum Gasteiger partial charge on any atom is 0.102 e. The van der Waals surface area contributed by atoms with Crippen LogP contribution < -0.4 is 0 Å². The van der Waals surface area contributed by atoms with Crippen LogP contribution in [-0.2, 0) is 0 Å². The van der Waals surface area contributed by atoms with E-state index in [9.17, 15) is 0 Å². The smallest absolute Gasteiger partial charge is 0.102 e. The van der Waals surface area contributed by atoms with Crippen LogP contribution in [-0.4, -0.2) is 15.2 Å². The molecule has 2 aromatic rings. The number of hydrogen-bond acceptors (Lipinski definition) is 2. The highest BCUT2D eigenvalue weighted by Crippen LogP contribution is 2.22. The summed E-state index contributed by atoms with van der Waals surface area (Å²) in [6.07, 6.45) is 3.46. The third-order valence-electron chi connectivity index (χ3n) is 1.51. The first kappa shape index (κ1) is 7.49. The summed E-state index contributed by atoms with van der Waals surface area (Å²) < 4.78 is 0.967. The van der Waals surface area contributed by atoms with Gasteiger partial charge in [-0.25, -0.2) is 0 Å². The van der Waals surface area contributed by atoms with Crippen LogP contribution >= 0.6 is 15.9 Å². The summed E-state index contributed by atoms with van der Waals surface area (Å²) in [6, 6.07) is 5.71. The van der Waals surface area contributed by atoms with Crippen LogP contribution in [0.15, 0.2) is 35.1 Å². The average Bonchev–Trinajstić information content (AvgIpc) is 2.57. The largest absolute Gasteiger partial charge is 0.276 e. The maximum atomic E-state index is 4.20. The summed E-state index contributed by atoms with van der Waals surface area (Å²) in [7, 11) is 0. The van der Waals surface area contributed by atoms with Crippen LogP contribution in [0.5, 0.6) is 0 Å². The predicted molar refractivity (Wildman–Crippen MR) is 49.5 cm³/mol. The van der Waals surface area contributed by atoms with Crippen LogP contribution in [0.4, 0.5) is 0 Å². The Balaban J connectivity index is 2.55. The topological polar surface area (TPSA) is 41.6 Å². The minimum atomic E-state index is 0.884. The van der Waals surface area contributed by atoms with Gasteiger partial charge in [0.05, 0.1) is 5.69 Å². The number of nitrogens with zero attached hydrogens (tertiary/aromatic N) is 2. The molecule has 1 N–H and O–H groups in total. The van der Waals surface area contributed by atoms with Crippen LogP contribution in [0, 0.1) is 0 Å². The maximum absolute atomic E-state index is 4.20. The molecule has 0 spiro atoms. The lowest BCUT2D eigenvalue weighted by atomic mass is 10.3. The van der Waals surface area contributed by atoms with Gasteiger partial charge >= 0.3 is 0 Å². The minimum absolute atomic E-state index is 0.884. The molecule has 0 aromatic carbocycles. The van der Waals surface area contributed by atoms with Crippen molar-refractivity contribution >= 4 is 15.9 Å². The Kier molecular flexibility index (Phi) is 1.91. The summed E-state index contributed by atoms with van der Waals surface area (Å²) in [5.74, 6) is 0. The van der Waals surface area contributed by atoms with E-state index < -0.39 is 0 Å². The molecule has 0 amide bonds. The van der Waals surface area contributed by atoms with Crippen molar-refractivity contribution in [1.82, 2.24) is 15.2 Å². The Morgan fingerprint density at radius 1 is 1.25 bits per heavy atom. The monoisotopic (exact) mass is 223 g/mol. The molecule has 0 unspecified atom stereocenters. The van der Waals surface area contributed by atoms with Crippen molar-refractivity contribution in [3.8, 4) is 11.4 Å². The first-order valence-corrected chi connectivity index (χ1v) is 4.27. The highest BCUT2D eigenvalue weighted by atomic mass is 79.9. The van der Waals surface area contributed by atoms with Crippen molar-refractivity contribution < 1.29 is 0 Å². The number of pyridine rings is 1. The number of aromatic amines is 1. The third kappa shape index (κ3) is 1.25. The molecule has 2 rings (SSSR count). The van der Waals surface area contributed by atoms with Crippen LogP contribution in [0.1, 0.15) is 0 Å². The van der Waals surface area contributed by atoms with Gasteiger partial charge in [-0.3, -0.25) is 10.1 Å². The molecule has 0 aliphatic rings. The second-order valence-electron chi connectivity index (χ2n) is 2.30. The molecule has 0 bridgehead atoms. The first-order chi connectivity index (χ1) is 5.88. The van der Waals surface area contributed by atoms with Gasteiger partial charge < -0.3 is 0 Å². The number of hydrogen-bond donors (Lipinski definition) is 1. The Bertz CT molecular complexity index is 370. The highest BCUT2D eigenvalue weighted by molar-refractivity contribution is 9.10. The van der Waals surface area contributed by atoms with E-state index in [1.54, 1.807) is 12.4 Å². The quantitative estimate of drug-likeness (QED) is 0.806. The summed E-state index contributed by atoms with van der Waals surface area (Å²) in [6.45, 7) is 0. The SMILES string of the molecule is Brc1cccnc1-c1ccn[nH]1. The van der Waals surface area contributed by atoms with Gasteiger partial charge in [-0.05, 0) is 34.1 Å². The number of halogens is 1. The molecular weight excluding hydrogens is 218 g/mol. The van der Waals surface area contributed by atoms with Crippen LogP contribution in [0.2, 0.25) is 0 Å². The lowest BCUT2D eigenvalue weighted by molar-refractivity contribution is 1.08. The fraction of sp³-hybridized carbons (Fsp3) is 0. The van der Waals surface area contributed by atoms with Gasteiger partial charge in [0.25, 0.3) is 0 Å². The van der Waals surface area contributed by atoms with Crippen LogP contribution in [0.3, 0.4) is 0 Å². The molecule has 0 fully saturated rings. The number of nitrogens with one attached hydrogen (secondary N) is 1. The Morgan fingerprint density at radius 2 is 2.17 bits per heavy atom. The number of rotatable bonds is 1. The third-order valence-corrected chi connectivity index (χ3v) is 2.15. The van der Waals surface area contributed by atoms with Gasteiger partial charge in [0.2, 0.25) is 0 Å². The van der Waals surface area contributed by atoms with E-state index in [1.165, 1.54) is 0 Å². The van der Waals surface area contributed by atoms with Crippen molar-refractivity contribution in [2.24, 2.45) is 0 Å². The van der Waals surface area contributed by atoms with Gasteiger partial charge in [0, 0.05) is 16.9 Å². The zero-order valence-electron chi connectivity index (χ0n) is 6.16. The molecule has 0 aliphatic carbocycles. The van der Waals surface area contributed by atoms with Gasteiger partial charge in [0.1, 0.15) is 5.69 Å². The normalized spacial score (nSPS) is 10.1. The summed E-state index contributed by atoms with van der Waals surface area (Å²) in [5.41, 5.74) is 1.80. The summed E-state index contributed by atoms with van der Waals surface area (Å²) >= 11 is 3.41. The molecule has 3 nitrogen and oxygen atoms in total. The molecule has 60 valence electrons. The van der Waals surface area contributed by atoms with Gasteiger partial charge in [-0.1, -0.05) is 0 Å². The first-order valence-electron chi connectivity index (χ1n) is 3.48. The van der Waals surface area contributed by atoms with Crippen molar-refractivity contribution in [3.05, 3.63) is 35.1 Å². The van der Waals surface area contributed by atoms with Gasteiger partial charge in [0.15, 0.2) is 0 Å². The zero-order chi connectivity index (χ0) is 8.39. The zero-order valence-corrected chi connectivity index (χ0v) is 7.75. The molecule has 2 heterocycles. The van der Waals surface area contributed by atoms with E-state index >= 15 is 0 Å². The van der Waals surface area contributed by atoms with E-state index in [0.717, 1.165) is 15.9 Å². The highest BCUT2D eigenvalue weighted by Gasteiger charge is 2.03. The van der Waals surface area contributed by atoms with E-state index in [0.29, 0.717) is 0 Å². The fourth-order valence-corrected chi connectivity index (χ4v) is 1.44. The van der Waals surface area contributed by atoms with Crippen molar-refractivity contribution in [2.45, 2.75) is 0 Å². The summed E-state index contributed by atoms with van der Waals surface area (Å²) in [4.78, 5) is 4.20. The molecule has 4 heteroatoms. The second-order valence-corrected chi connectivity index (χ2v) is 3.16. The average molecular weight is 224 g/mol. The van der Waals surface area contributed by atoms with Crippen molar-refractivity contribution in [2.75, 3.05) is 0 Å². The summed E-state index contributed by atoms with van der Waals surface area (Å²) in [5, 5.41) is 6.71. The van der Waals surface area contributed by atoms with Crippen molar-refractivity contribution in [3.63, 3.8) is 0 Å².